The summed E-state index contributed by atoms with van der Waals surface area (Å²) < 4.78 is 0. The molecule has 0 aromatic heterocycles. The summed E-state index contributed by atoms with van der Waals surface area (Å²) in [5.41, 5.74) is -1.54. The third-order valence-corrected chi connectivity index (χ3v) is 3.09. The van der Waals surface area contributed by atoms with E-state index in [-0.39, 0.29) is 12.1 Å². The molecule has 1 aromatic rings. The highest BCUT2D eigenvalue weighted by Gasteiger charge is 2.53. The highest BCUT2D eigenvalue weighted by molar-refractivity contribution is 5.87. The fourth-order valence-electron chi connectivity index (χ4n) is 1.71. The summed E-state index contributed by atoms with van der Waals surface area (Å²) in [5.74, 6) is -2.35. The lowest BCUT2D eigenvalue weighted by atomic mass is 9.90. The maximum Gasteiger partial charge on any atom is 0.389 e. The van der Waals surface area contributed by atoms with Gasteiger partial charge in [-0.25, -0.2) is 9.59 Å². The van der Waals surface area contributed by atoms with Crippen molar-refractivity contribution in [3.8, 4) is 0 Å². The number of nitro groups is 1. The van der Waals surface area contributed by atoms with Crippen LogP contribution < -0.4 is 0 Å². The van der Waals surface area contributed by atoms with E-state index in [1.807, 2.05) is 0 Å². The molecule has 0 bridgehead atoms. The molecule has 0 radical (unpaired) electrons. The molecule has 116 valence electrons. The van der Waals surface area contributed by atoms with E-state index in [1.54, 1.807) is 30.3 Å². The van der Waals surface area contributed by atoms with Crippen LogP contribution in [0.1, 0.15) is 17.3 Å². The molecule has 22 heavy (non-hydrogen) atoms. The molecular formula is C14H14N2O6. The number of aromatic carboxylic acids is 1. The molecule has 0 fully saturated rings. The van der Waals surface area contributed by atoms with Crippen molar-refractivity contribution in [1.82, 2.24) is 0 Å². The zero-order chi connectivity index (χ0) is 16.8. The van der Waals surface area contributed by atoms with Crippen LogP contribution in [0.2, 0.25) is 0 Å². The molecule has 1 aromatic carbocycles. The number of benzene rings is 1. The molecule has 1 aliphatic heterocycles. The second-order valence-electron chi connectivity index (χ2n) is 4.43. The number of nitrogens with zero attached hydrogens (tertiary/aromatic N) is 2. The van der Waals surface area contributed by atoms with Crippen LogP contribution in [0.5, 0.6) is 0 Å². The number of carboxylic acids is 2. The molecule has 0 spiro atoms. The minimum Gasteiger partial charge on any atom is -0.478 e. The van der Waals surface area contributed by atoms with Crippen LogP contribution in [0.25, 0.3) is 0 Å². The molecule has 2 N–H and O–H groups in total. The van der Waals surface area contributed by atoms with Crippen LogP contribution in [-0.2, 0) is 4.79 Å². The Balaban J connectivity index is 0.000000235. The van der Waals surface area contributed by atoms with E-state index in [2.05, 4.69) is 4.99 Å². The lowest BCUT2D eigenvalue weighted by Crippen LogP contribution is -2.51. The summed E-state index contributed by atoms with van der Waals surface area (Å²) in [7, 11) is 0. The Morgan fingerprint density at radius 2 is 1.86 bits per heavy atom. The summed E-state index contributed by atoms with van der Waals surface area (Å²) >= 11 is 0. The van der Waals surface area contributed by atoms with Crippen LogP contribution >= 0.6 is 0 Å². The van der Waals surface area contributed by atoms with E-state index >= 15 is 0 Å². The van der Waals surface area contributed by atoms with Crippen molar-refractivity contribution in [1.29, 1.82) is 0 Å². The first kappa shape index (κ1) is 17.0. The van der Waals surface area contributed by atoms with Crippen LogP contribution in [0.15, 0.2) is 47.0 Å². The van der Waals surface area contributed by atoms with Crippen molar-refractivity contribution in [3.05, 3.63) is 57.7 Å². The van der Waals surface area contributed by atoms with Gasteiger partial charge in [-0.05, 0) is 25.1 Å². The Bertz CT molecular complexity index is 622. The zero-order valence-electron chi connectivity index (χ0n) is 11.7. The predicted octanol–water partition coefficient (Wildman–Crippen LogP) is 1.50. The Kier molecular flexibility index (Phi) is 5.50. The van der Waals surface area contributed by atoms with Gasteiger partial charge in [0.2, 0.25) is 0 Å². The molecule has 0 saturated carbocycles. The van der Waals surface area contributed by atoms with Crippen LogP contribution in [0, 0.1) is 10.1 Å². The van der Waals surface area contributed by atoms with Crippen molar-refractivity contribution in [2.75, 3.05) is 6.54 Å². The van der Waals surface area contributed by atoms with E-state index in [1.165, 1.54) is 19.2 Å². The van der Waals surface area contributed by atoms with Gasteiger partial charge in [-0.2, -0.15) is 0 Å². The van der Waals surface area contributed by atoms with Crippen molar-refractivity contribution in [2.24, 2.45) is 4.99 Å². The van der Waals surface area contributed by atoms with Gasteiger partial charge in [0.15, 0.2) is 0 Å². The van der Waals surface area contributed by atoms with Gasteiger partial charge in [0.05, 0.1) is 5.56 Å². The van der Waals surface area contributed by atoms with Gasteiger partial charge in [-0.3, -0.25) is 15.1 Å². The van der Waals surface area contributed by atoms with E-state index < -0.39 is 22.4 Å². The lowest BCUT2D eigenvalue weighted by molar-refractivity contribution is -0.540. The molecule has 0 aliphatic carbocycles. The molecular weight excluding hydrogens is 292 g/mol. The van der Waals surface area contributed by atoms with Gasteiger partial charge in [-0.1, -0.05) is 18.2 Å². The summed E-state index contributed by atoms with van der Waals surface area (Å²) in [4.78, 5) is 34.4. The van der Waals surface area contributed by atoms with Gasteiger partial charge in [0.25, 0.3) is 0 Å². The molecule has 0 amide bonds. The average Bonchev–Trinajstić information content (AvgIpc) is 2.48. The number of rotatable bonds is 3. The normalized spacial score (nSPS) is 19.4. The first-order chi connectivity index (χ1) is 10.3. The number of hydrogen-bond acceptors (Lipinski definition) is 5. The van der Waals surface area contributed by atoms with Gasteiger partial charge in [0, 0.05) is 16.7 Å². The molecule has 8 heteroatoms. The van der Waals surface area contributed by atoms with Crippen molar-refractivity contribution >= 4 is 18.2 Å². The van der Waals surface area contributed by atoms with Gasteiger partial charge >= 0.3 is 17.5 Å². The maximum atomic E-state index is 10.8. The zero-order valence-corrected chi connectivity index (χ0v) is 11.7. The molecule has 0 saturated heterocycles. The average molecular weight is 306 g/mol. The summed E-state index contributed by atoms with van der Waals surface area (Å²) in [6, 6.07) is 8.30. The molecule has 8 nitrogen and oxygen atoms in total. The van der Waals surface area contributed by atoms with E-state index in [0.717, 1.165) is 0 Å². The smallest absolute Gasteiger partial charge is 0.389 e. The Morgan fingerprint density at radius 3 is 2.18 bits per heavy atom. The molecule has 1 unspecified atom stereocenters. The highest BCUT2D eigenvalue weighted by atomic mass is 16.6. The monoisotopic (exact) mass is 306 g/mol. The second kappa shape index (κ2) is 7.11. The number of carbonyl (C=O) groups is 2. The molecule has 1 atom stereocenters. The topological polar surface area (TPSA) is 130 Å². The highest BCUT2D eigenvalue weighted by Crippen LogP contribution is 2.23. The van der Waals surface area contributed by atoms with Crippen molar-refractivity contribution in [3.63, 3.8) is 0 Å². The number of aliphatic carboxylic acids is 1. The fraction of sp³-hybridized carbons (Fsp3) is 0.214. The van der Waals surface area contributed by atoms with Gasteiger partial charge < -0.3 is 10.2 Å². The Labute approximate surface area is 125 Å². The van der Waals surface area contributed by atoms with Gasteiger partial charge in [-0.15, -0.1) is 0 Å². The number of dihydropyridines is 1. The Hall–Kier alpha value is -3.03. The number of allylic oxidation sites excluding steroid dienone is 1. The number of hydrogen-bond donors (Lipinski definition) is 2. The summed E-state index contributed by atoms with van der Waals surface area (Å²) in [5, 5.41) is 27.8. The van der Waals surface area contributed by atoms with E-state index in [0.29, 0.717) is 5.56 Å². The van der Waals surface area contributed by atoms with Gasteiger partial charge in [0.1, 0.15) is 6.54 Å². The molecule has 2 rings (SSSR count). The summed E-state index contributed by atoms with van der Waals surface area (Å²) in [6.07, 6.45) is 2.72. The minimum absolute atomic E-state index is 0.194. The van der Waals surface area contributed by atoms with Crippen LogP contribution in [-0.4, -0.2) is 45.4 Å². The van der Waals surface area contributed by atoms with Crippen molar-refractivity contribution in [2.45, 2.75) is 12.5 Å². The SMILES string of the molecule is CC1=CC=NCC1(C(=O)O)[N+](=O)[O-].O=C(O)c1ccccc1. The fourth-order valence-corrected chi connectivity index (χ4v) is 1.71. The Morgan fingerprint density at radius 1 is 1.27 bits per heavy atom. The standard InChI is InChI=1S/C7H8N2O4.C7H6O2/c1-5-2-3-8-4-7(5,6(10)11)9(12)13;8-7(9)6-4-2-1-3-5-6/h2-3H,4H2,1H3,(H,10,11);1-5H,(H,8,9). The first-order valence-corrected chi connectivity index (χ1v) is 6.15. The molecule has 1 heterocycles. The van der Waals surface area contributed by atoms with Crippen LogP contribution in [0.3, 0.4) is 0 Å². The maximum absolute atomic E-state index is 10.8. The van der Waals surface area contributed by atoms with E-state index in [4.69, 9.17) is 10.2 Å². The number of carboxylic acid groups (broad SMARTS) is 2. The summed E-state index contributed by atoms with van der Waals surface area (Å²) in [6.45, 7) is 1.08. The quantitative estimate of drug-likeness (QED) is 0.642. The van der Waals surface area contributed by atoms with Crippen LogP contribution in [0.4, 0.5) is 0 Å². The second-order valence-corrected chi connectivity index (χ2v) is 4.43. The largest absolute Gasteiger partial charge is 0.478 e. The molecule has 1 aliphatic rings. The predicted molar refractivity (Wildman–Crippen MR) is 77.9 cm³/mol. The third-order valence-electron chi connectivity index (χ3n) is 3.09. The van der Waals surface area contributed by atoms with Crippen molar-refractivity contribution < 1.29 is 24.7 Å². The number of aliphatic imine (C=N–C) groups is 1. The first-order valence-electron chi connectivity index (χ1n) is 6.15. The third kappa shape index (κ3) is 3.54. The minimum atomic E-state index is -2.06. The van der Waals surface area contributed by atoms with E-state index in [9.17, 15) is 19.7 Å². The lowest BCUT2D eigenvalue weighted by Gasteiger charge is -2.21.